The van der Waals surface area contributed by atoms with Crippen LogP contribution in [0.2, 0.25) is 0 Å². The summed E-state index contributed by atoms with van der Waals surface area (Å²) in [4.78, 5) is 18.1. The Kier molecular flexibility index (Phi) is 6.64. The minimum Gasteiger partial charge on any atom is -0.492 e. The third-order valence-electron chi connectivity index (χ3n) is 6.35. The first-order chi connectivity index (χ1) is 14.5. The molecule has 30 heavy (non-hydrogen) atoms. The van der Waals surface area contributed by atoms with Gasteiger partial charge in [-0.15, -0.1) is 11.8 Å². The van der Waals surface area contributed by atoms with Crippen molar-refractivity contribution in [1.82, 2.24) is 9.80 Å². The molecule has 3 aliphatic heterocycles. The quantitative estimate of drug-likeness (QED) is 0.678. The van der Waals surface area contributed by atoms with Crippen LogP contribution in [0.4, 0.5) is 4.39 Å². The molecule has 7 heteroatoms. The van der Waals surface area contributed by atoms with Crippen molar-refractivity contribution in [2.75, 3.05) is 26.2 Å². The average molecular weight is 430 g/mol. The molecule has 3 atom stereocenters. The molecule has 0 bridgehead atoms. The molecule has 0 aliphatic carbocycles. The van der Waals surface area contributed by atoms with Crippen LogP contribution in [0, 0.1) is 17.1 Å². The Morgan fingerprint density at radius 3 is 2.87 bits per heavy atom. The van der Waals surface area contributed by atoms with Gasteiger partial charge in [-0.3, -0.25) is 9.69 Å². The van der Waals surface area contributed by atoms with Crippen molar-refractivity contribution in [3.8, 4) is 11.8 Å². The van der Waals surface area contributed by atoms with E-state index in [0.717, 1.165) is 32.4 Å². The zero-order valence-electron chi connectivity index (χ0n) is 17.3. The number of nitriles is 1. The lowest BCUT2D eigenvalue weighted by Crippen LogP contribution is -2.44. The summed E-state index contributed by atoms with van der Waals surface area (Å²) in [6.45, 7) is 5.31. The minimum absolute atomic E-state index is 0.118. The fourth-order valence-corrected chi connectivity index (χ4v) is 5.55. The Balaban J connectivity index is 1.36. The number of benzene rings is 1. The van der Waals surface area contributed by atoms with E-state index in [-0.39, 0.29) is 22.8 Å². The second kappa shape index (κ2) is 9.40. The number of halogens is 1. The molecule has 0 spiro atoms. The molecular weight excluding hydrogens is 401 g/mol. The molecule has 1 aromatic rings. The smallest absolute Gasteiger partial charge is 0.257 e. The molecule has 160 valence electrons. The maximum atomic E-state index is 14.8. The standard InChI is InChI=1S/C23H28FN3O2S/c1-16-4-2-10-26(16)14-17-5-3-11-27(17)23(28)21-9-6-18(12-22(21)24)29-15-20-8-7-19(13-25)30-20/h6-7,9,12,16-17,20H,2-5,8,10-11,14-15H2,1H3/t16-,17+,20?/m1/s1. The van der Waals surface area contributed by atoms with E-state index in [4.69, 9.17) is 10.00 Å². The van der Waals surface area contributed by atoms with Gasteiger partial charge in [-0.05, 0) is 57.7 Å². The normalized spacial score (nSPS) is 26.6. The SMILES string of the molecule is C[C@@H]1CCCN1C[C@@H]1CCCN1C(=O)c1ccc(OCC2CC=C(C#N)S2)cc1F. The Morgan fingerprint density at radius 2 is 2.17 bits per heavy atom. The van der Waals surface area contributed by atoms with E-state index in [2.05, 4.69) is 17.9 Å². The van der Waals surface area contributed by atoms with Crippen LogP contribution in [0.15, 0.2) is 29.2 Å². The molecule has 5 nitrogen and oxygen atoms in total. The molecule has 0 radical (unpaired) electrons. The second-order valence-electron chi connectivity index (χ2n) is 8.39. The minimum atomic E-state index is -0.535. The van der Waals surface area contributed by atoms with Gasteiger partial charge in [0.2, 0.25) is 0 Å². The van der Waals surface area contributed by atoms with E-state index in [9.17, 15) is 9.18 Å². The van der Waals surface area contributed by atoms with Gasteiger partial charge in [0.15, 0.2) is 0 Å². The van der Waals surface area contributed by atoms with Gasteiger partial charge in [0.1, 0.15) is 24.2 Å². The number of amides is 1. The highest BCUT2D eigenvalue weighted by Gasteiger charge is 2.34. The van der Waals surface area contributed by atoms with Crippen LogP contribution in [0.25, 0.3) is 0 Å². The largest absolute Gasteiger partial charge is 0.492 e. The van der Waals surface area contributed by atoms with E-state index >= 15 is 0 Å². The molecule has 1 aromatic carbocycles. The average Bonchev–Trinajstić information content (AvgIpc) is 3.48. The Hall–Kier alpha value is -2.04. The van der Waals surface area contributed by atoms with Gasteiger partial charge in [-0.2, -0.15) is 5.26 Å². The maximum Gasteiger partial charge on any atom is 0.257 e. The van der Waals surface area contributed by atoms with Gasteiger partial charge in [0, 0.05) is 36.5 Å². The van der Waals surface area contributed by atoms with Crippen molar-refractivity contribution in [1.29, 1.82) is 5.26 Å². The first-order valence-electron chi connectivity index (χ1n) is 10.8. The molecule has 1 unspecified atom stereocenters. The highest BCUT2D eigenvalue weighted by Crippen LogP contribution is 2.32. The summed E-state index contributed by atoms with van der Waals surface area (Å²) in [7, 11) is 0. The van der Waals surface area contributed by atoms with Crippen LogP contribution >= 0.6 is 11.8 Å². The highest BCUT2D eigenvalue weighted by atomic mass is 32.2. The Bertz CT molecular complexity index is 868. The van der Waals surface area contributed by atoms with Gasteiger partial charge in [0.05, 0.1) is 10.5 Å². The maximum absolute atomic E-state index is 14.8. The lowest BCUT2D eigenvalue weighted by Gasteiger charge is -2.31. The summed E-state index contributed by atoms with van der Waals surface area (Å²) in [6, 6.07) is 7.38. The molecule has 1 amide bonds. The molecule has 0 N–H and O–H groups in total. The molecule has 2 fully saturated rings. The fourth-order valence-electron chi connectivity index (χ4n) is 4.62. The number of ether oxygens (including phenoxy) is 1. The Morgan fingerprint density at radius 1 is 1.33 bits per heavy atom. The third-order valence-corrected chi connectivity index (χ3v) is 7.52. The number of nitrogens with zero attached hydrogens (tertiary/aromatic N) is 3. The predicted molar refractivity (Wildman–Crippen MR) is 116 cm³/mol. The first-order valence-corrected chi connectivity index (χ1v) is 11.7. The third kappa shape index (κ3) is 4.65. The molecule has 4 rings (SSSR count). The van der Waals surface area contributed by atoms with Crippen molar-refractivity contribution in [3.05, 3.63) is 40.6 Å². The molecule has 0 aromatic heterocycles. The van der Waals surface area contributed by atoms with Crippen LogP contribution in [-0.2, 0) is 0 Å². The summed E-state index contributed by atoms with van der Waals surface area (Å²) >= 11 is 1.49. The van der Waals surface area contributed by atoms with E-state index in [0.29, 0.717) is 29.8 Å². The molecular formula is C23H28FN3O2S. The molecule has 3 aliphatic rings. The lowest BCUT2D eigenvalue weighted by molar-refractivity contribution is 0.0692. The number of carbonyl (C=O) groups excluding carboxylic acids is 1. The zero-order chi connectivity index (χ0) is 21.1. The van der Waals surface area contributed by atoms with Crippen LogP contribution < -0.4 is 4.74 Å². The van der Waals surface area contributed by atoms with Crippen molar-refractivity contribution < 1.29 is 13.9 Å². The molecule has 0 saturated carbocycles. The van der Waals surface area contributed by atoms with Crippen molar-refractivity contribution in [2.24, 2.45) is 0 Å². The number of allylic oxidation sites excluding steroid dienone is 2. The molecule has 3 heterocycles. The van der Waals surface area contributed by atoms with E-state index < -0.39 is 5.82 Å². The molecule has 2 saturated heterocycles. The monoisotopic (exact) mass is 429 g/mol. The van der Waals surface area contributed by atoms with Crippen LogP contribution in [0.1, 0.15) is 49.4 Å². The summed E-state index contributed by atoms with van der Waals surface area (Å²) in [5, 5.41) is 9.09. The predicted octanol–water partition coefficient (Wildman–Crippen LogP) is 4.21. The number of carbonyl (C=O) groups is 1. The van der Waals surface area contributed by atoms with E-state index in [1.54, 1.807) is 12.1 Å². The number of rotatable bonds is 6. The summed E-state index contributed by atoms with van der Waals surface area (Å²) < 4.78 is 20.5. The number of hydrogen-bond donors (Lipinski definition) is 0. The summed E-state index contributed by atoms with van der Waals surface area (Å²) in [5.41, 5.74) is 0.118. The van der Waals surface area contributed by atoms with Gasteiger partial charge in [0.25, 0.3) is 5.91 Å². The lowest BCUT2D eigenvalue weighted by atomic mass is 10.1. The highest BCUT2D eigenvalue weighted by molar-refractivity contribution is 8.04. The summed E-state index contributed by atoms with van der Waals surface area (Å²) in [6.07, 6.45) is 7.05. The zero-order valence-corrected chi connectivity index (χ0v) is 18.2. The first kappa shape index (κ1) is 21.2. The second-order valence-corrected chi connectivity index (χ2v) is 9.73. The van der Waals surface area contributed by atoms with Crippen LogP contribution in [0.3, 0.4) is 0 Å². The number of thioether (sulfide) groups is 1. The summed E-state index contributed by atoms with van der Waals surface area (Å²) in [5.74, 6) is -0.339. The van der Waals surface area contributed by atoms with Gasteiger partial charge >= 0.3 is 0 Å². The van der Waals surface area contributed by atoms with Gasteiger partial charge in [-0.1, -0.05) is 6.08 Å². The fraction of sp³-hybridized carbons (Fsp3) is 0.565. The van der Waals surface area contributed by atoms with Crippen LogP contribution in [-0.4, -0.2) is 59.3 Å². The topological polar surface area (TPSA) is 56.6 Å². The Labute approximate surface area is 181 Å². The van der Waals surface area contributed by atoms with Crippen molar-refractivity contribution >= 4 is 17.7 Å². The van der Waals surface area contributed by atoms with Gasteiger partial charge < -0.3 is 9.64 Å². The van der Waals surface area contributed by atoms with Crippen molar-refractivity contribution in [3.63, 3.8) is 0 Å². The number of hydrogen-bond acceptors (Lipinski definition) is 5. The van der Waals surface area contributed by atoms with Gasteiger partial charge in [-0.25, -0.2) is 4.39 Å². The van der Waals surface area contributed by atoms with E-state index in [1.165, 1.54) is 30.7 Å². The number of likely N-dealkylation sites (tertiary alicyclic amines) is 2. The van der Waals surface area contributed by atoms with E-state index in [1.807, 2.05) is 11.0 Å². The van der Waals surface area contributed by atoms with Crippen LogP contribution in [0.5, 0.6) is 5.75 Å². The van der Waals surface area contributed by atoms with Crippen molar-refractivity contribution in [2.45, 2.75) is 56.4 Å².